The van der Waals surface area contributed by atoms with Crippen LogP contribution in [0.15, 0.2) is 73.1 Å². The Bertz CT molecular complexity index is 801. The first-order valence-electron chi connectivity index (χ1n) is 8.33. The number of rotatable bonds is 4. The normalized spacial score (nSPS) is 21.2. The maximum atomic E-state index is 11.0. The number of hydrogen-bond acceptors (Lipinski definition) is 3. The van der Waals surface area contributed by atoms with E-state index in [0.29, 0.717) is 6.54 Å². The van der Waals surface area contributed by atoms with Gasteiger partial charge in [0.05, 0.1) is 5.69 Å². The van der Waals surface area contributed by atoms with Crippen LogP contribution in [0.25, 0.3) is 5.69 Å². The highest BCUT2D eigenvalue weighted by molar-refractivity contribution is 5.40. The first kappa shape index (κ1) is 15.1. The summed E-state index contributed by atoms with van der Waals surface area (Å²) in [5, 5.41) is 15.4. The molecule has 0 radical (unpaired) electrons. The molecule has 1 aliphatic rings. The Kier molecular flexibility index (Phi) is 3.92. The van der Waals surface area contributed by atoms with Crippen molar-refractivity contribution in [2.24, 2.45) is 0 Å². The van der Waals surface area contributed by atoms with Crippen LogP contribution in [0, 0.1) is 0 Å². The molecule has 4 nitrogen and oxygen atoms in total. The molecule has 1 aliphatic heterocycles. The minimum atomic E-state index is -0.748. The highest BCUT2D eigenvalue weighted by Crippen LogP contribution is 2.33. The predicted molar refractivity (Wildman–Crippen MR) is 93.8 cm³/mol. The quantitative estimate of drug-likeness (QED) is 0.804. The van der Waals surface area contributed by atoms with Gasteiger partial charge in [-0.25, -0.2) is 4.68 Å². The highest BCUT2D eigenvalue weighted by Gasteiger charge is 2.37. The summed E-state index contributed by atoms with van der Waals surface area (Å²) < 4.78 is 1.90. The molecule has 0 bridgehead atoms. The third-order valence-electron chi connectivity index (χ3n) is 4.77. The fourth-order valence-electron chi connectivity index (χ4n) is 3.51. The highest BCUT2D eigenvalue weighted by atomic mass is 16.3. The Hall–Kier alpha value is -2.43. The van der Waals surface area contributed by atoms with Crippen molar-refractivity contribution in [2.75, 3.05) is 13.1 Å². The summed E-state index contributed by atoms with van der Waals surface area (Å²) in [6.07, 6.45) is 4.52. The standard InChI is InChI=1S/C20H21N3O/c24-20(18-8-2-1-3-9-18)11-14-22(16-20)15-17-7-4-5-10-19(17)23-13-6-12-21-23/h1-10,12-13,24H,11,14-16H2/t20-/m1/s1. The van der Waals surface area contributed by atoms with E-state index in [0.717, 1.165) is 30.8 Å². The zero-order valence-corrected chi connectivity index (χ0v) is 13.5. The minimum absolute atomic E-state index is 0.657. The molecule has 1 fully saturated rings. The molecule has 1 aromatic heterocycles. The number of nitrogens with zero attached hydrogens (tertiary/aromatic N) is 3. The van der Waals surface area contributed by atoms with E-state index < -0.39 is 5.60 Å². The number of aliphatic hydroxyl groups is 1. The average molecular weight is 319 g/mol. The number of para-hydroxylation sites is 1. The Morgan fingerprint density at radius 2 is 1.79 bits per heavy atom. The van der Waals surface area contributed by atoms with Gasteiger partial charge in [-0.05, 0) is 29.7 Å². The number of likely N-dealkylation sites (tertiary alicyclic amines) is 1. The average Bonchev–Trinajstić information content (AvgIpc) is 3.27. The van der Waals surface area contributed by atoms with Crippen LogP contribution >= 0.6 is 0 Å². The van der Waals surface area contributed by atoms with Gasteiger partial charge in [-0.15, -0.1) is 0 Å². The summed E-state index contributed by atoms with van der Waals surface area (Å²) in [5.41, 5.74) is 2.58. The van der Waals surface area contributed by atoms with Crippen molar-refractivity contribution in [1.29, 1.82) is 0 Å². The van der Waals surface area contributed by atoms with Crippen LogP contribution < -0.4 is 0 Å². The summed E-state index contributed by atoms with van der Waals surface area (Å²) in [6, 6.07) is 20.2. The molecule has 4 rings (SSSR count). The molecule has 2 heterocycles. The first-order valence-corrected chi connectivity index (χ1v) is 8.33. The van der Waals surface area contributed by atoms with Crippen LogP contribution in [0.2, 0.25) is 0 Å². The maximum Gasteiger partial charge on any atom is 0.103 e. The molecule has 0 unspecified atom stereocenters. The molecule has 1 saturated heterocycles. The van der Waals surface area contributed by atoms with Crippen LogP contribution in [0.5, 0.6) is 0 Å². The zero-order valence-electron chi connectivity index (χ0n) is 13.5. The van der Waals surface area contributed by atoms with Crippen LogP contribution in [-0.4, -0.2) is 32.9 Å². The molecule has 24 heavy (non-hydrogen) atoms. The molecule has 0 saturated carbocycles. The van der Waals surface area contributed by atoms with Gasteiger partial charge in [-0.1, -0.05) is 48.5 Å². The largest absolute Gasteiger partial charge is 0.384 e. The fraction of sp³-hybridized carbons (Fsp3) is 0.250. The molecular formula is C20H21N3O. The molecule has 1 atom stereocenters. The van der Waals surface area contributed by atoms with Crippen molar-refractivity contribution >= 4 is 0 Å². The second-order valence-electron chi connectivity index (χ2n) is 6.44. The number of β-amino-alcohol motifs (C(OH)–C–C–N with tert-alkyl or cyclic N) is 1. The van der Waals surface area contributed by atoms with E-state index in [1.165, 1.54) is 5.56 Å². The predicted octanol–water partition coefficient (Wildman–Crippen LogP) is 2.97. The summed E-state index contributed by atoms with van der Waals surface area (Å²) in [5.74, 6) is 0. The molecule has 1 N–H and O–H groups in total. The van der Waals surface area contributed by atoms with E-state index in [-0.39, 0.29) is 0 Å². The Balaban J connectivity index is 1.54. The van der Waals surface area contributed by atoms with Crippen molar-refractivity contribution in [2.45, 2.75) is 18.6 Å². The maximum absolute atomic E-state index is 11.0. The minimum Gasteiger partial charge on any atom is -0.384 e. The lowest BCUT2D eigenvalue weighted by Crippen LogP contribution is -2.30. The summed E-state index contributed by atoms with van der Waals surface area (Å²) >= 11 is 0. The zero-order chi connectivity index (χ0) is 16.4. The molecule has 0 spiro atoms. The molecule has 2 aromatic carbocycles. The lowest BCUT2D eigenvalue weighted by molar-refractivity contribution is 0.0453. The SMILES string of the molecule is O[C@]1(c2ccccc2)CCN(Cc2ccccc2-n2cccn2)C1. The van der Waals surface area contributed by atoms with Crippen molar-refractivity contribution in [3.8, 4) is 5.69 Å². The van der Waals surface area contributed by atoms with Crippen LogP contribution in [0.3, 0.4) is 0 Å². The fourth-order valence-corrected chi connectivity index (χ4v) is 3.51. The smallest absolute Gasteiger partial charge is 0.103 e. The van der Waals surface area contributed by atoms with E-state index in [2.05, 4.69) is 28.2 Å². The van der Waals surface area contributed by atoms with Gasteiger partial charge >= 0.3 is 0 Å². The van der Waals surface area contributed by atoms with E-state index in [1.54, 1.807) is 6.20 Å². The van der Waals surface area contributed by atoms with Gasteiger partial charge in [-0.2, -0.15) is 5.10 Å². The Labute approximate surface area is 142 Å². The summed E-state index contributed by atoms with van der Waals surface area (Å²) in [7, 11) is 0. The van der Waals surface area contributed by atoms with Crippen molar-refractivity contribution < 1.29 is 5.11 Å². The van der Waals surface area contributed by atoms with Crippen LogP contribution in [0.1, 0.15) is 17.5 Å². The summed E-state index contributed by atoms with van der Waals surface area (Å²) in [6.45, 7) is 2.36. The Morgan fingerprint density at radius 3 is 2.58 bits per heavy atom. The van der Waals surface area contributed by atoms with Gasteiger partial charge in [0.1, 0.15) is 5.60 Å². The van der Waals surface area contributed by atoms with Gasteiger partial charge in [0.2, 0.25) is 0 Å². The van der Waals surface area contributed by atoms with E-state index >= 15 is 0 Å². The van der Waals surface area contributed by atoms with E-state index in [9.17, 15) is 5.11 Å². The van der Waals surface area contributed by atoms with Crippen LogP contribution in [0.4, 0.5) is 0 Å². The summed E-state index contributed by atoms with van der Waals surface area (Å²) in [4.78, 5) is 2.31. The molecule has 0 amide bonds. The van der Waals surface area contributed by atoms with Crippen molar-refractivity contribution in [1.82, 2.24) is 14.7 Å². The number of benzene rings is 2. The molecule has 122 valence electrons. The second-order valence-corrected chi connectivity index (χ2v) is 6.44. The van der Waals surface area contributed by atoms with E-state index in [4.69, 9.17) is 0 Å². The van der Waals surface area contributed by atoms with Gasteiger partial charge in [0.25, 0.3) is 0 Å². The van der Waals surface area contributed by atoms with Crippen molar-refractivity contribution in [3.63, 3.8) is 0 Å². The monoisotopic (exact) mass is 319 g/mol. The number of hydrogen-bond donors (Lipinski definition) is 1. The lowest BCUT2D eigenvalue weighted by Gasteiger charge is -2.24. The van der Waals surface area contributed by atoms with Gasteiger partial charge < -0.3 is 5.11 Å². The number of aromatic nitrogens is 2. The van der Waals surface area contributed by atoms with E-state index in [1.807, 2.05) is 53.3 Å². The first-order chi connectivity index (χ1) is 11.7. The Morgan fingerprint density at radius 1 is 1.00 bits per heavy atom. The third kappa shape index (κ3) is 2.86. The topological polar surface area (TPSA) is 41.3 Å². The lowest BCUT2D eigenvalue weighted by atomic mass is 9.93. The molecular weight excluding hydrogens is 298 g/mol. The van der Waals surface area contributed by atoms with Crippen LogP contribution in [-0.2, 0) is 12.1 Å². The molecule has 4 heteroatoms. The molecule has 3 aromatic rings. The molecule has 0 aliphatic carbocycles. The van der Waals surface area contributed by atoms with Gasteiger partial charge in [0.15, 0.2) is 0 Å². The second kappa shape index (κ2) is 6.23. The van der Waals surface area contributed by atoms with Crippen molar-refractivity contribution in [3.05, 3.63) is 84.2 Å². The van der Waals surface area contributed by atoms with Gasteiger partial charge in [0, 0.05) is 32.0 Å². The van der Waals surface area contributed by atoms with Gasteiger partial charge in [-0.3, -0.25) is 4.90 Å². The third-order valence-corrected chi connectivity index (χ3v) is 4.77.